The molecule has 0 aliphatic carbocycles. The monoisotopic (exact) mass is 1080 g/mol. The van der Waals surface area contributed by atoms with Crippen molar-refractivity contribution in [1.29, 1.82) is 0 Å². The summed E-state index contributed by atoms with van der Waals surface area (Å²) >= 11 is 0. The number of benzene rings is 7. The summed E-state index contributed by atoms with van der Waals surface area (Å²) in [5.41, 5.74) is 18.1. The van der Waals surface area contributed by atoms with Crippen molar-refractivity contribution in [3.63, 3.8) is 0 Å². The molecule has 0 saturated carbocycles. The molecule has 0 spiro atoms. The quantitative estimate of drug-likeness (QED) is 0.149. The number of hydrogen-bond donors (Lipinski definition) is 0. The molecule has 10 rings (SSSR count). The molecule has 7 aromatic carbocycles. The van der Waals surface area contributed by atoms with Gasteiger partial charge in [0.05, 0.1) is 0 Å². The second-order valence-electron chi connectivity index (χ2n) is 21.8. The summed E-state index contributed by atoms with van der Waals surface area (Å²) in [5.74, 6) is 2.04. The molecule has 6 heteroatoms. The Bertz CT molecular complexity index is 3380. The third-order valence-electron chi connectivity index (χ3n) is 13.5. The van der Waals surface area contributed by atoms with Crippen LogP contribution in [0, 0.1) is 39.6 Å². The Morgan fingerprint density at radius 3 is 1.94 bits per heavy atom. The molecule has 0 atom stereocenters. The zero-order chi connectivity index (χ0) is 47.9. The van der Waals surface area contributed by atoms with Crippen LogP contribution in [0.15, 0.2) is 146 Å². The van der Waals surface area contributed by atoms with Crippen LogP contribution in [0.4, 0.5) is 22.7 Å². The summed E-state index contributed by atoms with van der Waals surface area (Å²) in [6.07, 6.45) is 1.93. The van der Waals surface area contributed by atoms with Gasteiger partial charge in [-0.25, -0.2) is 4.98 Å². The van der Waals surface area contributed by atoms with Gasteiger partial charge in [-0.3, -0.25) is 0 Å². The van der Waals surface area contributed by atoms with Gasteiger partial charge in [0.2, 0.25) is 0 Å². The van der Waals surface area contributed by atoms with Crippen LogP contribution in [-0.4, -0.2) is 9.55 Å². The molecule has 1 aliphatic heterocycles. The van der Waals surface area contributed by atoms with Gasteiger partial charge in [0.25, 0.3) is 0 Å². The molecule has 0 amide bonds. The maximum atomic E-state index is 6.97. The van der Waals surface area contributed by atoms with Crippen LogP contribution in [0.1, 0.15) is 95.7 Å². The molecule has 0 N–H and O–H groups in total. The average Bonchev–Trinajstić information content (AvgIpc) is 3.83. The third-order valence-corrected chi connectivity index (χ3v) is 13.5. The fourth-order valence-electron chi connectivity index (χ4n) is 9.78. The van der Waals surface area contributed by atoms with Gasteiger partial charge in [0.1, 0.15) is 5.82 Å². The second kappa shape index (κ2) is 17.8. The van der Waals surface area contributed by atoms with E-state index in [1.54, 1.807) is 0 Å². The van der Waals surface area contributed by atoms with E-state index in [1.165, 1.54) is 38.9 Å². The van der Waals surface area contributed by atoms with E-state index in [4.69, 9.17) is 9.72 Å². The van der Waals surface area contributed by atoms with Crippen molar-refractivity contribution in [1.82, 2.24) is 9.55 Å². The van der Waals surface area contributed by atoms with Crippen LogP contribution in [0.2, 0.25) is 0 Å². The Kier molecular flexibility index (Phi) is 12.3. The number of fused-ring (bicyclic) bond motifs is 4. The minimum atomic E-state index is -0.181. The standard InChI is InChI=1S/C63H61N4O.Pt/c1-40-29-41(2)60(42(3)30-40)45-27-28-64-59(32-45)67-55-25-21-44(43-17-14-13-15-18-43)31-54(55)53-24-23-51(38-57(53)67)68-52-35-48(63(10,11)12)34-50(37-52)66-39-65(49-20-16-19-46(33-49)61(4,5)6)56-26-22-47(36-58(56)66)62(7,8)9;/h13-36,39H,1-12H3;/q-3;. The van der Waals surface area contributed by atoms with Gasteiger partial charge in [-0.1, -0.05) is 146 Å². The predicted molar refractivity (Wildman–Crippen MR) is 285 cm³/mol. The molecule has 5 nitrogen and oxygen atoms in total. The molecule has 0 radical (unpaired) electrons. The Morgan fingerprint density at radius 1 is 0.522 bits per heavy atom. The zero-order valence-electron chi connectivity index (χ0n) is 41.9. The molecule has 0 saturated heterocycles. The Labute approximate surface area is 424 Å². The van der Waals surface area contributed by atoms with E-state index in [0.717, 1.165) is 67.1 Å². The molecule has 0 unspecified atom stereocenters. The average molecular weight is 1090 g/mol. The van der Waals surface area contributed by atoms with Crippen LogP contribution < -0.4 is 14.5 Å². The number of nitrogens with zero attached hydrogens (tertiary/aromatic N) is 4. The van der Waals surface area contributed by atoms with Crippen LogP contribution >= 0.6 is 0 Å². The summed E-state index contributed by atoms with van der Waals surface area (Å²) < 4.78 is 9.21. The van der Waals surface area contributed by atoms with Crippen molar-refractivity contribution in [2.24, 2.45) is 0 Å². The summed E-state index contributed by atoms with van der Waals surface area (Å²) in [5, 5.41) is 2.19. The van der Waals surface area contributed by atoms with Crippen molar-refractivity contribution >= 4 is 44.6 Å². The minimum Gasteiger partial charge on any atom is -0.509 e. The van der Waals surface area contributed by atoms with Crippen LogP contribution in [0.25, 0.3) is 49.9 Å². The van der Waals surface area contributed by atoms with E-state index in [9.17, 15) is 0 Å². The van der Waals surface area contributed by atoms with Crippen molar-refractivity contribution in [3.05, 3.63) is 198 Å². The second-order valence-corrected chi connectivity index (χ2v) is 21.8. The number of anilines is 4. The molecule has 3 heterocycles. The van der Waals surface area contributed by atoms with Crippen molar-refractivity contribution in [2.45, 2.75) is 99.3 Å². The number of hydrogen-bond acceptors (Lipinski definition) is 4. The molecule has 352 valence electrons. The molecule has 9 aromatic rings. The Hall–Kier alpha value is -6.42. The van der Waals surface area contributed by atoms with Crippen LogP contribution in [0.5, 0.6) is 11.5 Å². The fraction of sp³-hybridized carbons (Fsp3) is 0.238. The van der Waals surface area contributed by atoms with E-state index < -0.39 is 0 Å². The molecule has 0 bridgehead atoms. The first-order chi connectivity index (χ1) is 32.3. The zero-order valence-corrected chi connectivity index (χ0v) is 44.2. The number of aryl methyl sites for hydroxylation is 3. The smallest absolute Gasteiger partial charge is 0.136 e. The summed E-state index contributed by atoms with van der Waals surface area (Å²) in [6, 6.07) is 58.0. The predicted octanol–water partition coefficient (Wildman–Crippen LogP) is 17.1. The third kappa shape index (κ3) is 9.15. The summed E-state index contributed by atoms with van der Waals surface area (Å²) in [7, 11) is 0. The van der Waals surface area contributed by atoms with Gasteiger partial charge in [0, 0.05) is 61.3 Å². The van der Waals surface area contributed by atoms with E-state index >= 15 is 0 Å². The first kappa shape index (κ1) is 47.6. The van der Waals surface area contributed by atoms with Crippen molar-refractivity contribution in [2.75, 3.05) is 9.80 Å². The summed E-state index contributed by atoms with van der Waals surface area (Å²) in [4.78, 5) is 9.63. The van der Waals surface area contributed by atoms with Gasteiger partial charge in [-0.05, 0) is 129 Å². The van der Waals surface area contributed by atoms with Gasteiger partial charge in [-0.15, -0.1) is 53.6 Å². The molecular formula is C63H61N4OPt-3. The first-order valence-corrected chi connectivity index (χ1v) is 23.8. The van der Waals surface area contributed by atoms with Gasteiger partial charge < -0.3 is 19.1 Å². The Morgan fingerprint density at radius 2 is 1.23 bits per heavy atom. The topological polar surface area (TPSA) is 33.5 Å². The van der Waals surface area contributed by atoms with Gasteiger partial charge >= 0.3 is 0 Å². The summed E-state index contributed by atoms with van der Waals surface area (Å²) in [6.45, 7) is 29.1. The van der Waals surface area contributed by atoms with E-state index in [0.29, 0.717) is 11.5 Å². The maximum Gasteiger partial charge on any atom is 0.136 e. The molecular weight excluding hydrogens is 1020 g/mol. The van der Waals surface area contributed by atoms with Crippen LogP contribution in [-0.2, 0) is 37.3 Å². The number of ether oxygens (including phenoxy) is 1. The maximum absolute atomic E-state index is 6.97. The van der Waals surface area contributed by atoms with Crippen molar-refractivity contribution < 1.29 is 25.8 Å². The molecule has 2 aromatic heterocycles. The van der Waals surface area contributed by atoms with E-state index in [2.05, 4.69) is 250 Å². The van der Waals surface area contributed by atoms with Crippen molar-refractivity contribution in [3.8, 4) is 39.6 Å². The number of rotatable bonds is 7. The van der Waals surface area contributed by atoms with Crippen LogP contribution in [0.3, 0.4) is 0 Å². The normalized spacial score (nSPS) is 13.0. The SMILES string of the molecule is Cc1cc(C)c(-c2ccnc(-n3c4[c-]c(Oc5[c-]c(N6[CH-]N(c7cccc(C(C)(C)C)c7)c7ccc(C(C)(C)C)cc76)cc(C(C)(C)C)c5)ccc4c4cc(-c5ccccc5)ccc43)c2)c(C)c1.[Pt]. The number of aromatic nitrogens is 2. The molecule has 0 fully saturated rings. The minimum absolute atomic E-state index is 0. The molecule has 69 heavy (non-hydrogen) atoms. The van der Waals surface area contributed by atoms with Gasteiger partial charge in [0.15, 0.2) is 0 Å². The fourth-order valence-corrected chi connectivity index (χ4v) is 9.78. The largest absolute Gasteiger partial charge is 0.509 e. The number of pyridine rings is 1. The van der Waals surface area contributed by atoms with E-state index in [1.807, 2.05) is 12.3 Å². The van der Waals surface area contributed by atoms with Gasteiger partial charge in [-0.2, -0.15) is 6.07 Å². The molecule has 1 aliphatic rings. The van der Waals surface area contributed by atoms with E-state index in [-0.39, 0.29) is 37.3 Å². The first-order valence-electron chi connectivity index (χ1n) is 23.8. The Balaban J connectivity index is 0.00000593.